The first kappa shape index (κ1) is 23.3. The lowest BCUT2D eigenvalue weighted by Crippen LogP contribution is -2.13. The number of rotatable bonds is 12. The molecule has 2 rings (SSSR count). The number of nitrogens with zero attached hydrogens (tertiary/aromatic N) is 1. The van der Waals surface area contributed by atoms with E-state index in [1.807, 2.05) is 55.5 Å². The molecule has 5 nitrogen and oxygen atoms in total. The molecule has 0 radical (unpaired) electrons. The van der Waals surface area contributed by atoms with Crippen LogP contribution in [0.5, 0.6) is 17.2 Å². The Labute approximate surface area is 180 Å². The number of allylic oxidation sites excluding steroid dienone is 1. The van der Waals surface area contributed by atoms with Crippen LogP contribution in [0.15, 0.2) is 53.7 Å². The van der Waals surface area contributed by atoms with E-state index in [1.165, 1.54) is 7.11 Å². The zero-order chi connectivity index (χ0) is 21.8. The van der Waals surface area contributed by atoms with Crippen LogP contribution in [0.1, 0.15) is 37.0 Å². The van der Waals surface area contributed by atoms with Gasteiger partial charge in [0.2, 0.25) is 0 Å². The maximum atomic E-state index is 6.11. The molecule has 0 saturated heterocycles. The van der Waals surface area contributed by atoms with E-state index in [0.29, 0.717) is 25.7 Å². The number of benzene rings is 2. The first-order chi connectivity index (χ1) is 14.5. The van der Waals surface area contributed by atoms with Gasteiger partial charge in [0.25, 0.3) is 0 Å². The number of hydrogen-bond donors (Lipinski definition) is 0. The van der Waals surface area contributed by atoms with Gasteiger partial charge in [-0.1, -0.05) is 24.2 Å². The van der Waals surface area contributed by atoms with Gasteiger partial charge in [0, 0.05) is 0 Å². The number of ether oxygens (including phenoxy) is 3. The smallest absolute Gasteiger partial charge is 0.125 e. The van der Waals surface area contributed by atoms with Crippen LogP contribution >= 0.6 is 0 Å². The fourth-order valence-electron chi connectivity index (χ4n) is 2.91. The molecule has 30 heavy (non-hydrogen) atoms. The van der Waals surface area contributed by atoms with E-state index in [-0.39, 0.29) is 0 Å². The van der Waals surface area contributed by atoms with E-state index in [9.17, 15) is 0 Å². The Kier molecular flexibility index (Phi) is 9.78. The highest BCUT2D eigenvalue weighted by molar-refractivity contribution is 5.79. The summed E-state index contributed by atoms with van der Waals surface area (Å²) in [5, 5.41) is 3.75. The molecule has 1 atom stereocenters. The van der Waals surface area contributed by atoms with Gasteiger partial charge in [0.1, 0.15) is 31.0 Å². The molecule has 0 aliphatic carbocycles. The lowest BCUT2D eigenvalue weighted by Gasteiger charge is -2.17. The van der Waals surface area contributed by atoms with Crippen LogP contribution < -0.4 is 14.2 Å². The summed E-state index contributed by atoms with van der Waals surface area (Å²) in [5.41, 5.74) is 3.15. The van der Waals surface area contributed by atoms with Crippen LogP contribution in [0.25, 0.3) is 0 Å². The number of aryl methyl sites for hydroxylation is 2. The normalized spacial score (nSPS) is 12.3. The van der Waals surface area contributed by atoms with Crippen LogP contribution in [0.3, 0.4) is 0 Å². The fourth-order valence-corrected chi connectivity index (χ4v) is 2.91. The third kappa shape index (κ3) is 7.82. The summed E-state index contributed by atoms with van der Waals surface area (Å²) in [4.78, 5) is 4.68. The maximum absolute atomic E-state index is 6.11. The quantitative estimate of drug-likeness (QED) is 0.254. The van der Waals surface area contributed by atoms with Crippen LogP contribution in [-0.4, -0.2) is 33.1 Å². The molecule has 2 aromatic rings. The van der Waals surface area contributed by atoms with Crippen molar-refractivity contribution in [1.29, 1.82) is 0 Å². The fraction of sp³-hybridized carbons (Fsp3) is 0.400. The highest BCUT2D eigenvalue weighted by Gasteiger charge is 2.10. The Morgan fingerprint density at radius 2 is 1.67 bits per heavy atom. The standard InChI is InChI=1S/C25H33NO4/c1-6-7-13-28-24-15-20(3)25(21(4)16-24)30-18-19(2)12-14-29-23-10-8-22(9-11-23)17-26-27-5/h6-11,15-17,19H,12-14,18H2,1-5H3/b7-6+,26-17+. The Morgan fingerprint density at radius 3 is 2.30 bits per heavy atom. The Bertz CT molecular complexity index is 805. The second-order valence-corrected chi connectivity index (χ2v) is 7.31. The van der Waals surface area contributed by atoms with Gasteiger partial charge in [-0.15, -0.1) is 0 Å². The van der Waals surface area contributed by atoms with Crippen molar-refractivity contribution in [2.24, 2.45) is 11.1 Å². The topological polar surface area (TPSA) is 49.3 Å². The zero-order valence-corrected chi connectivity index (χ0v) is 18.7. The summed E-state index contributed by atoms with van der Waals surface area (Å²) in [6.07, 6.45) is 6.54. The minimum Gasteiger partial charge on any atom is -0.494 e. The van der Waals surface area contributed by atoms with E-state index >= 15 is 0 Å². The molecule has 0 heterocycles. The Hall–Kier alpha value is -2.95. The molecule has 0 spiro atoms. The minimum absolute atomic E-state index is 0.377. The monoisotopic (exact) mass is 411 g/mol. The average Bonchev–Trinajstić information content (AvgIpc) is 2.73. The lowest BCUT2D eigenvalue weighted by molar-refractivity contribution is 0.215. The Balaban J connectivity index is 1.77. The summed E-state index contributed by atoms with van der Waals surface area (Å²) >= 11 is 0. The molecule has 0 aliphatic rings. The van der Waals surface area contributed by atoms with Gasteiger partial charge in [-0.2, -0.15) is 0 Å². The second kappa shape index (κ2) is 12.6. The molecule has 0 bridgehead atoms. The summed E-state index contributed by atoms with van der Waals surface area (Å²) in [6, 6.07) is 11.8. The van der Waals surface area contributed by atoms with Crippen molar-refractivity contribution in [2.75, 3.05) is 26.9 Å². The maximum Gasteiger partial charge on any atom is 0.125 e. The second-order valence-electron chi connectivity index (χ2n) is 7.31. The summed E-state index contributed by atoms with van der Waals surface area (Å²) in [5.74, 6) is 3.03. The molecule has 0 aromatic heterocycles. The van der Waals surface area contributed by atoms with Crippen LogP contribution in [0.4, 0.5) is 0 Å². The minimum atomic E-state index is 0.377. The van der Waals surface area contributed by atoms with Gasteiger partial charge < -0.3 is 19.0 Å². The molecule has 5 heteroatoms. The van der Waals surface area contributed by atoms with E-state index in [0.717, 1.165) is 40.4 Å². The van der Waals surface area contributed by atoms with Crippen LogP contribution in [0.2, 0.25) is 0 Å². The van der Waals surface area contributed by atoms with Gasteiger partial charge in [-0.05, 0) is 86.2 Å². The van der Waals surface area contributed by atoms with Crippen LogP contribution in [-0.2, 0) is 4.84 Å². The SMILES string of the molecule is C/C=C/COc1cc(C)c(OCC(C)CCOc2ccc(/C=N/OC)cc2)c(C)c1. The summed E-state index contributed by atoms with van der Waals surface area (Å²) in [7, 11) is 1.53. The number of hydrogen-bond acceptors (Lipinski definition) is 5. The van der Waals surface area contributed by atoms with Crippen molar-refractivity contribution in [3.63, 3.8) is 0 Å². The predicted molar refractivity (Wildman–Crippen MR) is 122 cm³/mol. The summed E-state index contributed by atoms with van der Waals surface area (Å²) < 4.78 is 17.7. The van der Waals surface area contributed by atoms with Gasteiger partial charge in [0.05, 0.1) is 19.4 Å². The van der Waals surface area contributed by atoms with E-state index in [1.54, 1.807) is 6.21 Å². The molecule has 0 amide bonds. The van der Waals surface area contributed by atoms with E-state index in [2.05, 4.69) is 30.8 Å². The van der Waals surface area contributed by atoms with Crippen molar-refractivity contribution < 1.29 is 19.0 Å². The average molecular weight is 412 g/mol. The van der Waals surface area contributed by atoms with E-state index in [4.69, 9.17) is 14.2 Å². The lowest BCUT2D eigenvalue weighted by atomic mass is 10.1. The zero-order valence-electron chi connectivity index (χ0n) is 18.7. The largest absolute Gasteiger partial charge is 0.494 e. The van der Waals surface area contributed by atoms with Crippen molar-refractivity contribution in [2.45, 2.75) is 34.1 Å². The molecule has 1 unspecified atom stereocenters. The highest BCUT2D eigenvalue weighted by Crippen LogP contribution is 2.29. The molecule has 0 aliphatic heterocycles. The third-order valence-corrected chi connectivity index (χ3v) is 4.59. The molecule has 162 valence electrons. The predicted octanol–water partition coefficient (Wildman–Crippen LogP) is 5.72. The van der Waals surface area contributed by atoms with Crippen molar-refractivity contribution in [3.8, 4) is 17.2 Å². The van der Waals surface area contributed by atoms with Gasteiger partial charge in [0.15, 0.2) is 0 Å². The first-order valence-corrected chi connectivity index (χ1v) is 10.3. The molecule has 0 N–H and O–H groups in total. The van der Waals surface area contributed by atoms with Gasteiger partial charge in [-0.3, -0.25) is 0 Å². The van der Waals surface area contributed by atoms with E-state index < -0.39 is 0 Å². The number of oxime groups is 1. The molecular formula is C25H33NO4. The molecular weight excluding hydrogens is 378 g/mol. The van der Waals surface area contributed by atoms with Crippen molar-refractivity contribution >= 4 is 6.21 Å². The molecule has 0 fully saturated rings. The Morgan fingerprint density at radius 1 is 0.967 bits per heavy atom. The summed E-state index contributed by atoms with van der Waals surface area (Å²) in [6.45, 7) is 10.1. The molecule has 2 aromatic carbocycles. The highest BCUT2D eigenvalue weighted by atomic mass is 16.6. The van der Waals surface area contributed by atoms with Crippen molar-refractivity contribution in [3.05, 3.63) is 65.2 Å². The van der Waals surface area contributed by atoms with Gasteiger partial charge >= 0.3 is 0 Å². The third-order valence-electron chi connectivity index (χ3n) is 4.59. The molecule has 0 saturated carbocycles. The van der Waals surface area contributed by atoms with Crippen LogP contribution in [0, 0.1) is 19.8 Å². The van der Waals surface area contributed by atoms with Gasteiger partial charge in [-0.25, -0.2) is 0 Å². The van der Waals surface area contributed by atoms with Crippen molar-refractivity contribution in [1.82, 2.24) is 0 Å². The first-order valence-electron chi connectivity index (χ1n) is 10.3.